The van der Waals surface area contributed by atoms with Crippen molar-refractivity contribution in [2.75, 3.05) is 0 Å². The fourth-order valence-corrected chi connectivity index (χ4v) is 2.54. The van der Waals surface area contributed by atoms with Gasteiger partial charge in [0.2, 0.25) is 0 Å². The van der Waals surface area contributed by atoms with E-state index in [4.69, 9.17) is 10.4 Å². The molecule has 18 heavy (non-hydrogen) atoms. The summed E-state index contributed by atoms with van der Waals surface area (Å²) in [4.78, 5) is 0. The standard InChI is InChI=1S/C15H20N2O/c16-9-14-3-1-2-4-15(14)17-10-12-5-7-13(11-18)8-6-12/h5-8,14-15,17-18H,1-4,10-11H2. The van der Waals surface area contributed by atoms with Crippen LogP contribution < -0.4 is 5.32 Å². The van der Waals surface area contributed by atoms with Crippen LogP contribution in [0.25, 0.3) is 0 Å². The van der Waals surface area contributed by atoms with Crippen LogP contribution in [0.1, 0.15) is 36.8 Å². The summed E-state index contributed by atoms with van der Waals surface area (Å²) in [6, 6.07) is 10.7. The van der Waals surface area contributed by atoms with Gasteiger partial charge in [-0.1, -0.05) is 37.1 Å². The van der Waals surface area contributed by atoms with E-state index in [9.17, 15) is 0 Å². The van der Waals surface area contributed by atoms with Crippen molar-refractivity contribution in [3.05, 3.63) is 35.4 Å². The van der Waals surface area contributed by atoms with Gasteiger partial charge in [-0.3, -0.25) is 0 Å². The topological polar surface area (TPSA) is 56.0 Å². The van der Waals surface area contributed by atoms with Gasteiger partial charge < -0.3 is 10.4 Å². The van der Waals surface area contributed by atoms with Gasteiger partial charge in [0, 0.05) is 12.6 Å². The molecule has 0 radical (unpaired) electrons. The molecule has 3 heteroatoms. The number of nitriles is 1. The third kappa shape index (κ3) is 3.32. The van der Waals surface area contributed by atoms with Crippen molar-refractivity contribution in [2.24, 2.45) is 5.92 Å². The summed E-state index contributed by atoms with van der Waals surface area (Å²) in [6.07, 6.45) is 4.53. The SMILES string of the molecule is N#CC1CCCCC1NCc1ccc(CO)cc1. The Labute approximate surface area is 108 Å². The summed E-state index contributed by atoms with van der Waals surface area (Å²) >= 11 is 0. The van der Waals surface area contributed by atoms with Crippen LogP contribution in [0.4, 0.5) is 0 Å². The molecule has 1 aromatic rings. The zero-order chi connectivity index (χ0) is 12.8. The second-order valence-corrected chi connectivity index (χ2v) is 4.98. The number of hydrogen-bond donors (Lipinski definition) is 2. The smallest absolute Gasteiger partial charge is 0.0681 e. The Balaban J connectivity index is 1.88. The molecule has 2 atom stereocenters. The van der Waals surface area contributed by atoms with Gasteiger partial charge >= 0.3 is 0 Å². The van der Waals surface area contributed by atoms with E-state index in [1.807, 2.05) is 24.3 Å². The lowest BCUT2D eigenvalue weighted by molar-refractivity contribution is 0.281. The Morgan fingerprint density at radius 3 is 2.50 bits per heavy atom. The lowest BCUT2D eigenvalue weighted by Gasteiger charge is -2.27. The third-order valence-corrected chi connectivity index (χ3v) is 3.71. The van der Waals surface area contributed by atoms with Gasteiger partial charge in [-0.15, -0.1) is 0 Å². The molecule has 0 aliphatic heterocycles. The predicted molar refractivity (Wildman–Crippen MR) is 70.6 cm³/mol. The Bertz CT molecular complexity index is 407. The Kier molecular flexibility index (Phi) is 4.74. The molecule has 0 amide bonds. The van der Waals surface area contributed by atoms with E-state index < -0.39 is 0 Å². The maximum absolute atomic E-state index is 9.11. The first kappa shape index (κ1) is 13.1. The molecule has 2 unspecified atom stereocenters. The number of nitrogens with one attached hydrogen (secondary N) is 1. The lowest BCUT2D eigenvalue weighted by atomic mass is 9.85. The van der Waals surface area contributed by atoms with Gasteiger partial charge in [0.1, 0.15) is 0 Å². The van der Waals surface area contributed by atoms with Crippen LogP contribution in [-0.2, 0) is 13.2 Å². The summed E-state index contributed by atoms with van der Waals surface area (Å²) in [5, 5.41) is 21.6. The number of hydrogen-bond acceptors (Lipinski definition) is 3. The molecule has 1 aliphatic carbocycles. The molecule has 96 valence electrons. The number of aliphatic hydroxyl groups excluding tert-OH is 1. The van der Waals surface area contributed by atoms with E-state index >= 15 is 0 Å². The minimum Gasteiger partial charge on any atom is -0.392 e. The van der Waals surface area contributed by atoms with E-state index in [0.29, 0.717) is 6.04 Å². The van der Waals surface area contributed by atoms with Crippen LogP contribution in [-0.4, -0.2) is 11.1 Å². The average Bonchev–Trinajstić information content (AvgIpc) is 2.46. The van der Waals surface area contributed by atoms with Crippen molar-refractivity contribution in [3.63, 3.8) is 0 Å². The number of nitrogens with zero attached hydrogens (tertiary/aromatic N) is 1. The maximum Gasteiger partial charge on any atom is 0.0681 e. The highest BCUT2D eigenvalue weighted by Crippen LogP contribution is 2.24. The van der Waals surface area contributed by atoms with Gasteiger partial charge in [0.05, 0.1) is 18.6 Å². The molecule has 2 rings (SSSR count). The quantitative estimate of drug-likeness (QED) is 0.854. The van der Waals surface area contributed by atoms with Gasteiger partial charge in [0.15, 0.2) is 0 Å². The first-order valence-corrected chi connectivity index (χ1v) is 6.65. The Morgan fingerprint density at radius 2 is 1.83 bits per heavy atom. The Morgan fingerprint density at radius 1 is 1.17 bits per heavy atom. The summed E-state index contributed by atoms with van der Waals surface area (Å²) < 4.78 is 0. The zero-order valence-corrected chi connectivity index (χ0v) is 10.6. The highest BCUT2D eigenvalue weighted by Gasteiger charge is 2.23. The van der Waals surface area contributed by atoms with E-state index in [1.165, 1.54) is 18.4 Å². The number of aliphatic hydroxyl groups is 1. The van der Waals surface area contributed by atoms with Crippen LogP contribution in [0.15, 0.2) is 24.3 Å². The van der Waals surface area contributed by atoms with Crippen LogP contribution in [0.5, 0.6) is 0 Å². The highest BCUT2D eigenvalue weighted by molar-refractivity contribution is 5.21. The second kappa shape index (κ2) is 6.53. The van der Waals surface area contributed by atoms with Gasteiger partial charge in [-0.05, 0) is 24.0 Å². The molecule has 0 heterocycles. The molecule has 1 fully saturated rings. The minimum atomic E-state index is 0.0901. The summed E-state index contributed by atoms with van der Waals surface area (Å²) in [6.45, 7) is 0.890. The van der Waals surface area contributed by atoms with Gasteiger partial charge in [-0.25, -0.2) is 0 Å². The van der Waals surface area contributed by atoms with E-state index in [-0.39, 0.29) is 12.5 Å². The largest absolute Gasteiger partial charge is 0.392 e. The molecule has 1 aromatic carbocycles. The molecule has 0 bridgehead atoms. The molecule has 0 aromatic heterocycles. The van der Waals surface area contributed by atoms with Gasteiger partial charge in [-0.2, -0.15) is 5.26 Å². The molecule has 1 aliphatic rings. The molecule has 3 nitrogen and oxygen atoms in total. The first-order valence-electron chi connectivity index (χ1n) is 6.65. The molecular weight excluding hydrogens is 224 g/mol. The lowest BCUT2D eigenvalue weighted by Crippen LogP contribution is -2.37. The van der Waals surface area contributed by atoms with E-state index in [2.05, 4.69) is 11.4 Å². The average molecular weight is 244 g/mol. The highest BCUT2D eigenvalue weighted by atomic mass is 16.3. The fourth-order valence-electron chi connectivity index (χ4n) is 2.54. The normalized spacial score (nSPS) is 23.6. The van der Waals surface area contributed by atoms with Crippen LogP contribution in [0.2, 0.25) is 0 Å². The Hall–Kier alpha value is -1.37. The predicted octanol–water partition coefficient (Wildman–Crippen LogP) is 2.35. The summed E-state index contributed by atoms with van der Waals surface area (Å²) in [7, 11) is 0. The first-order chi connectivity index (χ1) is 8.83. The van der Waals surface area contributed by atoms with Crippen molar-refractivity contribution in [1.82, 2.24) is 5.32 Å². The molecule has 0 saturated heterocycles. The van der Waals surface area contributed by atoms with Crippen molar-refractivity contribution in [2.45, 2.75) is 44.9 Å². The number of benzene rings is 1. The molecule has 2 N–H and O–H groups in total. The van der Waals surface area contributed by atoms with Gasteiger partial charge in [0.25, 0.3) is 0 Å². The minimum absolute atomic E-state index is 0.0901. The van der Waals surface area contributed by atoms with Crippen molar-refractivity contribution in [3.8, 4) is 6.07 Å². The van der Waals surface area contributed by atoms with Crippen LogP contribution in [0, 0.1) is 17.2 Å². The van der Waals surface area contributed by atoms with Crippen molar-refractivity contribution >= 4 is 0 Å². The fraction of sp³-hybridized carbons (Fsp3) is 0.533. The summed E-state index contributed by atoms with van der Waals surface area (Å²) in [5.41, 5.74) is 2.14. The van der Waals surface area contributed by atoms with Crippen molar-refractivity contribution < 1.29 is 5.11 Å². The molecular formula is C15H20N2O. The zero-order valence-electron chi connectivity index (χ0n) is 10.6. The van der Waals surface area contributed by atoms with Crippen LogP contribution in [0.3, 0.4) is 0 Å². The van der Waals surface area contributed by atoms with E-state index in [0.717, 1.165) is 24.9 Å². The van der Waals surface area contributed by atoms with Crippen molar-refractivity contribution in [1.29, 1.82) is 5.26 Å². The maximum atomic E-state index is 9.11. The van der Waals surface area contributed by atoms with E-state index in [1.54, 1.807) is 0 Å². The molecule has 1 saturated carbocycles. The third-order valence-electron chi connectivity index (χ3n) is 3.71. The monoisotopic (exact) mass is 244 g/mol. The second-order valence-electron chi connectivity index (χ2n) is 4.98. The molecule has 0 spiro atoms. The summed E-state index contributed by atoms with van der Waals surface area (Å²) in [5.74, 6) is 0.162. The number of rotatable bonds is 4. The van der Waals surface area contributed by atoms with Crippen LogP contribution >= 0.6 is 0 Å².